The molecular formula is C29H30O4S. The van der Waals surface area contributed by atoms with Gasteiger partial charge in [0.05, 0.1) is 16.9 Å². The van der Waals surface area contributed by atoms with Gasteiger partial charge < -0.3 is 9.47 Å². The second-order valence-electron chi connectivity index (χ2n) is 9.05. The fourth-order valence-corrected chi connectivity index (χ4v) is 5.31. The van der Waals surface area contributed by atoms with Crippen LogP contribution in [-0.4, -0.2) is 21.6 Å². The van der Waals surface area contributed by atoms with Crippen molar-refractivity contribution in [2.24, 2.45) is 0 Å². The van der Waals surface area contributed by atoms with Gasteiger partial charge in [-0.15, -0.1) is 0 Å². The van der Waals surface area contributed by atoms with E-state index in [1.807, 2.05) is 19.1 Å². The van der Waals surface area contributed by atoms with Crippen LogP contribution in [0.5, 0.6) is 11.5 Å². The second-order valence-corrected chi connectivity index (χ2v) is 11.0. The van der Waals surface area contributed by atoms with Gasteiger partial charge in [0.15, 0.2) is 0 Å². The maximum atomic E-state index is 12.9. The average Bonchev–Trinajstić information content (AvgIpc) is 2.85. The molecule has 4 nitrogen and oxygen atoms in total. The number of methoxy groups -OCH3 is 1. The Balaban J connectivity index is 1.42. The fourth-order valence-electron chi connectivity index (χ4n) is 4.05. The lowest BCUT2D eigenvalue weighted by Gasteiger charge is -2.30. The van der Waals surface area contributed by atoms with Crippen LogP contribution in [0.2, 0.25) is 0 Å². The molecule has 1 aliphatic carbocycles. The Labute approximate surface area is 202 Å². The first kappa shape index (κ1) is 23.8. The molecule has 1 unspecified atom stereocenters. The van der Waals surface area contributed by atoms with Crippen LogP contribution in [0.25, 0.3) is 0 Å². The van der Waals surface area contributed by atoms with Gasteiger partial charge in [-0.2, -0.15) is 0 Å². The van der Waals surface area contributed by atoms with E-state index in [2.05, 4.69) is 44.2 Å². The van der Waals surface area contributed by atoms with Gasteiger partial charge in [-0.25, -0.2) is 8.42 Å². The second kappa shape index (κ2) is 9.51. The first-order valence-electron chi connectivity index (χ1n) is 11.3. The molecule has 5 heteroatoms. The van der Waals surface area contributed by atoms with E-state index in [1.165, 1.54) is 11.1 Å². The van der Waals surface area contributed by atoms with E-state index in [-0.39, 0.29) is 16.4 Å². The maximum absolute atomic E-state index is 12.9. The van der Waals surface area contributed by atoms with Crippen molar-refractivity contribution < 1.29 is 17.9 Å². The van der Waals surface area contributed by atoms with Crippen molar-refractivity contribution >= 4 is 9.84 Å². The van der Waals surface area contributed by atoms with Crippen molar-refractivity contribution in [1.82, 2.24) is 0 Å². The zero-order valence-electron chi connectivity index (χ0n) is 20.0. The van der Waals surface area contributed by atoms with Crippen LogP contribution in [0.15, 0.2) is 106 Å². The van der Waals surface area contributed by atoms with Gasteiger partial charge in [0.25, 0.3) is 0 Å². The Bertz CT molecular complexity index is 1300. The monoisotopic (exact) mass is 474 g/mol. The number of benzene rings is 3. The molecule has 0 fully saturated rings. The fraction of sp³-hybridized carbons (Fsp3) is 0.241. The number of sulfone groups is 1. The summed E-state index contributed by atoms with van der Waals surface area (Å²) in [5, 5.41) is 0. The number of ether oxygens (including phenoxy) is 2. The van der Waals surface area contributed by atoms with Gasteiger partial charge in [-0.1, -0.05) is 55.8 Å². The molecule has 0 amide bonds. The third-order valence-corrected chi connectivity index (χ3v) is 8.13. The van der Waals surface area contributed by atoms with Crippen LogP contribution < -0.4 is 9.47 Å². The summed E-state index contributed by atoms with van der Waals surface area (Å²) in [6.45, 7) is 6.35. The smallest absolute Gasteiger partial charge is 0.206 e. The van der Waals surface area contributed by atoms with Crippen LogP contribution in [0.1, 0.15) is 31.4 Å². The minimum atomic E-state index is -3.55. The summed E-state index contributed by atoms with van der Waals surface area (Å²) in [6.07, 6.45) is 7.04. The molecule has 0 spiro atoms. The van der Waals surface area contributed by atoms with E-state index in [0.717, 1.165) is 17.7 Å². The molecule has 0 saturated carbocycles. The van der Waals surface area contributed by atoms with Gasteiger partial charge in [-0.3, -0.25) is 0 Å². The Morgan fingerprint density at radius 1 is 0.824 bits per heavy atom. The Morgan fingerprint density at radius 2 is 1.38 bits per heavy atom. The summed E-state index contributed by atoms with van der Waals surface area (Å²) in [6, 6.07) is 21.7. The van der Waals surface area contributed by atoms with Gasteiger partial charge >= 0.3 is 0 Å². The predicted molar refractivity (Wildman–Crippen MR) is 135 cm³/mol. The zero-order chi connectivity index (χ0) is 24.3. The molecule has 34 heavy (non-hydrogen) atoms. The largest absolute Gasteiger partial charge is 0.497 e. The molecule has 0 aliphatic heterocycles. The van der Waals surface area contributed by atoms with Crippen molar-refractivity contribution in [1.29, 1.82) is 0 Å². The molecule has 0 radical (unpaired) electrons. The summed E-state index contributed by atoms with van der Waals surface area (Å²) in [5.41, 5.74) is 3.33. The first-order valence-corrected chi connectivity index (χ1v) is 12.8. The van der Waals surface area contributed by atoms with E-state index < -0.39 is 9.84 Å². The van der Waals surface area contributed by atoms with Crippen molar-refractivity contribution in [3.05, 3.63) is 108 Å². The molecule has 3 aromatic rings. The highest BCUT2D eigenvalue weighted by atomic mass is 32.2. The normalized spacial score (nSPS) is 16.1. The average molecular weight is 475 g/mol. The molecule has 176 valence electrons. The topological polar surface area (TPSA) is 52.6 Å². The summed E-state index contributed by atoms with van der Waals surface area (Å²) < 4.78 is 37.1. The van der Waals surface area contributed by atoms with Crippen LogP contribution in [-0.2, 0) is 15.3 Å². The van der Waals surface area contributed by atoms with Gasteiger partial charge in [-0.05, 0) is 72.7 Å². The lowest BCUT2D eigenvalue weighted by molar-refractivity contribution is 0.250. The molecule has 0 heterocycles. The Morgan fingerprint density at radius 3 is 1.91 bits per heavy atom. The molecule has 1 atom stereocenters. The van der Waals surface area contributed by atoms with Crippen molar-refractivity contribution in [2.75, 3.05) is 7.11 Å². The van der Waals surface area contributed by atoms with Gasteiger partial charge in [0, 0.05) is 11.8 Å². The van der Waals surface area contributed by atoms with E-state index in [1.54, 1.807) is 55.6 Å². The number of hydrogen-bond acceptors (Lipinski definition) is 4. The van der Waals surface area contributed by atoms with Crippen molar-refractivity contribution in [3.8, 4) is 11.5 Å². The molecule has 0 N–H and O–H groups in total. The van der Waals surface area contributed by atoms with E-state index in [0.29, 0.717) is 10.6 Å². The van der Waals surface area contributed by atoms with Crippen molar-refractivity contribution in [2.45, 2.75) is 48.5 Å². The van der Waals surface area contributed by atoms with Gasteiger partial charge in [0.1, 0.15) is 17.6 Å². The molecule has 4 rings (SSSR count). The molecule has 0 aromatic heterocycles. The molecule has 1 aliphatic rings. The minimum Gasteiger partial charge on any atom is -0.497 e. The van der Waals surface area contributed by atoms with Crippen LogP contribution >= 0.6 is 0 Å². The van der Waals surface area contributed by atoms with Crippen molar-refractivity contribution in [3.63, 3.8) is 0 Å². The maximum Gasteiger partial charge on any atom is 0.206 e. The lowest BCUT2D eigenvalue weighted by atomic mass is 9.75. The molecule has 3 aromatic carbocycles. The van der Waals surface area contributed by atoms with E-state index in [9.17, 15) is 8.42 Å². The lowest BCUT2D eigenvalue weighted by Crippen LogP contribution is -2.23. The third kappa shape index (κ3) is 4.95. The summed E-state index contributed by atoms with van der Waals surface area (Å²) in [7, 11) is -1.88. The highest BCUT2D eigenvalue weighted by Gasteiger charge is 2.26. The highest BCUT2D eigenvalue weighted by Crippen LogP contribution is 2.35. The first-order chi connectivity index (χ1) is 16.2. The quantitative estimate of drug-likeness (QED) is 0.395. The number of aryl methyl sites for hydroxylation is 1. The highest BCUT2D eigenvalue weighted by molar-refractivity contribution is 7.91. The zero-order valence-corrected chi connectivity index (χ0v) is 20.8. The Hall–Kier alpha value is -3.31. The van der Waals surface area contributed by atoms with E-state index in [4.69, 9.17) is 9.47 Å². The predicted octanol–water partition coefficient (Wildman–Crippen LogP) is 6.45. The number of rotatable bonds is 7. The van der Waals surface area contributed by atoms with Crippen LogP contribution in [0, 0.1) is 6.92 Å². The molecule has 0 saturated heterocycles. The molecule has 0 bridgehead atoms. The number of hydrogen-bond donors (Lipinski definition) is 0. The van der Waals surface area contributed by atoms with E-state index >= 15 is 0 Å². The summed E-state index contributed by atoms with van der Waals surface area (Å²) >= 11 is 0. The third-order valence-electron chi connectivity index (χ3n) is 6.35. The van der Waals surface area contributed by atoms with Crippen LogP contribution in [0.4, 0.5) is 0 Å². The minimum absolute atomic E-state index is 0.102. The SMILES string of the molecule is COc1ccc(C(C)(C)C2=CCC(Oc3ccc(S(=O)(=O)c4ccc(C)cc4)cc3)C=C2)cc1. The Kier molecular flexibility index (Phi) is 6.67. The summed E-state index contributed by atoms with van der Waals surface area (Å²) in [4.78, 5) is 0.547. The van der Waals surface area contributed by atoms with Crippen LogP contribution in [0.3, 0.4) is 0 Å². The standard InChI is InChI=1S/C29H30O4S/c1-21-5-17-27(18-6-21)34(30,31)28-19-15-26(16-20-28)33-25-13-9-23(10-14-25)29(2,3)22-7-11-24(32-4)12-8-22/h5-13,15-20,25H,14H2,1-4H3. The summed E-state index contributed by atoms with van der Waals surface area (Å²) in [5.74, 6) is 1.49. The van der Waals surface area contributed by atoms with Gasteiger partial charge in [0.2, 0.25) is 9.84 Å². The molecular weight excluding hydrogens is 444 g/mol. The number of allylic oxidation sites excluding steroid dienone is 2.